The minimum Gasteiger partial charge on any atom is -0.497 e. The molecule has 3 rings (SSSR count). The first kappa shape index (κ1) is 15.9. The van der Waals surface area contributed by atoms with E-state index in [1.54, 1.807) is 12.0 Å². The van der Waals surface area contributed by atoms with Gasteiger partial charge in [-0.2, -0.15) is 5.26 Å². The fourth-order valence-electron chi connectivity index (χ4n) is 2.82. The number of hydrogen-bond acceptors (Lipinski definition) is 6. The lowest BCUT2D eigenvalue weighted by atomic mass is 10.1. The fourth-order valence-corrected chi connectivity index (χ4v) is 2.82. The Hall–Kier alpha value is -3.01. The average molecular weight is 326 g/mol. The Bertz CT molecular complexity index is 807. The van der Waals surface area contributed by atoms with Crippen LogP contribution in [0.4, 0.5) is 10.6 Å². The van der Waals surface area contributed by atoms with Crippen LogP contribution in [0.1, 0.15) is 5.56 Å². The van der Waals surface area contributed by atoms with Crippen LogP contribution in [0, 0.1) is 11.3 Å². The molecule has 0 aliphatic carbocycles. The highest BCUT2D eigenvalue weighted by molar-refractivity contribution is 5.84. The largest absolute Gasteiger partial charge is 0.497 e. The molecule has 0 bridgehead atoms. The van der Waals surface area contributed by atoms with Crippen LogP contribution in [0.3, 0.4) is 0 Å². The van der Waals surface area contributed by atoms with Gasteiger partial charge in [-0.15, -0.1) is 0 Å². The minimum absolute atomic E-state index is 0.325. The molecule has 7 heteroatoms. The third-order valence-corrected chi connectivity index (χ3v) is 4.13. The quantitative estimate of drug-likeness (QED) is 0.840. The molecule has 0 saturated carbocycles. The Morgan fingerprint density at radius 2 is 1.96 bits per heavy atom. The number of pyridine rings is 1. The highest BCUT2D eigenvalue weighted by atomic mass is 16.5. The molecule has 0 unspecified atom stereocenters. The Balaban J connectivity index is 1.89. The highest BCUT2D eigenvalue weighted by Crippen LogP contribution is 2.26. The van der Waals surface area contributed by atoms with Gasteiger partial charge in [0.05, 0.1) is 25.3 Å². The molecule has 1 fully saturated rings. The zero-order chi connectivity index (χ0) is 17.1. The molecule has 1 amide bonds. The smallest absolute Gasteiger partial charge is 0.409 e. The van der Waals surface area contributed by atoms with Gasteiger partial charge in [0, 0.05) is 31.6 Å². The van der Waals surface area contributed by atoms with Gasteiger partial charge in [0.2, 0.25) is 0 Å². The number of aromatic nitrogens is 1. The number of fused-ring (bicyclic) bond motifs is 1. The lowest BCUT2D eigenvalue weighted by Crippen LogP contribution is -2.49. The number of ether oxygens (including phenoxy) is 2. The van der Waals surface area contributed by atoms with Gasteiger partial charge < -0.3 is 19.3 Å². The van der Waals surface area contributed by atoms with E-state index < -0.39 is 0 Å². The number of nitrogens with zero attached hydrogens (tertiary/aromatic N) is 4. The number of nitriles is 1. The number of amides is 1. The molecule has 0 radical (unpaired) electrons. The van der Waals surface area contributed by atoms with E-state index in [0.717, 1.165) is 16.7 Å². The van der Waals surface area contributed by atoms with E-state index >= 15 is 0 Å². The standard InChI is InChI=1S/C17H18N4O3/c1-23-14-3-4-15-12(10-14)9-13(11-18)16(19-15)20-5-7-21(8-6-20)17(22)24-2/h3-4,9-10H,5-8H2,1-2H3. The minimum atomic E-state index is -0.325. The maximum absolute atomic E-state index is 11.6. The molecule has 0 spiro atoms. The molecule has 1 saturated heterocycles. The van der Waals surface area contributed by atoms with Crippen molar-refractivity contribution in [1.29, 1.82) is 5.26 Å². The van der Waals surface area contributed by atoms with Gasteiger partial charge in [-0.25, -0.2) is 9.78 Å². The molecular weight excluding hydrogens is 308 g/mol. The first-order chi connectivity index (χ1) is 11.7. The summed E-state index contributed by atoms with van der Waals surface area (Å²) in [6.45, 7) is 2.30. The van der Waals surface area contributed by atoms with Crippen LogP contribution in [-0.2, 0) is 4.74 Å². The predicted octanol–water partition coefficient (Wildman–Crippen LogP) is 2.00. The van der Waals surface area contributed by atoms with Crippen LogP contribution < -0.4 is 9.64 Å². The third kappa shape index (κ3) is 2.91. The van der Waals surface area contributed by atoms with E-state index in [2.05, 4.69) is 11.1 Å². The first-order valence-electron chi connectivity index (χ1n) is 7.63. The van der Waals surface area contributed by atoms with E-state index in [1.165, 1.54) is 7.11 Å². The van der Waals surface area contributed by atoms with Gasteiger partial charge >= 0.3 is 6.09 Å². The number of methoxy groups -OCH3 is 2. The predicted molar refractivity (Wildman–Crippen MR) is 89.2 cm³/mol. The number of anilines is 1. The molecule has 1 aliphatic heterocycles. The van der Waals surface area contributed by atoms with Crippen molar-refractivity contribution in [2.24, 2.45) is 0 Å². The van der Waals surface area contributed by atoms with E-state index in [0.29, 0.717) is 37.6 Å². The summed E-state index contributed by atoms with van der Waals surface area (Å²) >= 11 is 0. The summed E-state index contributed by atoms with van der Waals surface area (Å²) in [4.78, 5) is 19.9. The Morgan fingerprint density at radius 3 is 2.58 bits per heavy atom. The van der Waals surface area contributed by atoms with Crippen LogP contribution >= 0.6 is 0 Å². The molecule has 1 aromatic carbocycles. The monoisotopic (exact) mass is 326 g/mol. The molecular formula is C17H18N4O3. The van der Waals surface area contributed by atoms with Gasteiger partial charge in [-0.3, -0.25) is 0 Å². The van der Waals surface area contributed by atoms with Gasteiger partial charge in [-0.1, -0.05) is 0 Å². The van der Waals surface area contributed by atoms with Gasteiger partial charge in [0.1, 0.15) is 17.6 Å². The van der Waals surface area contributed by atoms with Crippen LogP contribution in [0.25, 0.3) is 10.9 Å². The number of benzene rings is 1. The van der Waals surface area contributed by atoms with Crippen LogP contribution in [0.15, 0.2) is 24.3 Å². The van der Waals surface area contributed by atoms with Crippen LogP contribution in [0.2, 0.25) is 0 Å². The summed E-state index contributed by atoms with van der Waals surface area (Å²) < 4.78 is 9.96. The van der Waals surface area contributed by atoms with Gasteiger partial charge in [-0.05, 0) is 24.3 Å². The molecule has 7 nitrogen and oxygen atoms in total. The van der Waals surface area contributed by atoms with Gasteiger partial charge in [0.15, 0.2) is 0 Å². The van der Waals surface area contributed by atoms with Gasteiger partial charge in [0.25, 0.3) is 0 Å². The zero-order valence-electron chi connectivity index (χ0n) is 13.7. The topological polar surface area (TPSA) is 78.7 Å². The summed E-state index contributed by atoms with van der Waals surface area (Å²) in [5, 5.41) is 10.3. The molecule has 24 heavy (non-hydrogen) atoms. The second kappa shape index (κ2) is 6.62. The van der Waals surface area contributed by atoms with E-state index in [1.807, 2.05) is 29.2 Å². The normalized spacial score (nSPS) is 14.4. The van der Waals surface area contributed by atoms with Crippen molar-refractivity contribution in [2.45, 2.75) is 0 Å². The summed E-state index contributed by atoms with van der Waals surface area (Å²) in [6, 6.07) is 9.63. The third-order valence-electron chi connectivity index (χ3n) is 4.13. The van der Waals surface area contributed by atoms with Crippen molar-refractivity contribution in [3.8, 4) is 11.8 Å². The maximum atomic E-state index is 11.6. The van der Waals surface area contributed by atoms with Crippen LogP contribution in [-0.4, -0.2) is 56.4 Å². The summed E-state index contributed by atoms with van der Waals surface area (Å²) in [7, 11) is 2.98. The molecule has 0 N–H and O–H groups in total. The molecule has 2 aromatic rings. The van der Waals surface area contributed by atoms with Crippen molar-refractivity contribution < 1.29 is 14.3 Å². The number of hydrogen-bond donors (Lipinski definition) is 0. The Morgan fingerprint density at radius 1 is 1.21 bits per heavy atom. The average Bonchev–Trinajstić information content (AvgIpc) is 2.65. The number of piperazine rings is 1. The van der Waals surface area contributed by atoms with Crippen molar-refractivity contribution in [2.75, 3.05) is 45.3 Å². The molecule has 2 heterocycles. The SMILES string of the molecule is COC(=O)N1CCN(c2nc3ccc(OC)cc3cc2C#N)CC1. The zero-order valence-corrected chi connectivity index (χ0v) is 13.7. The fraction of sp³-hybridized carbons (Fsp3) is 0.353. The number of carbonyl (C=O) groups excluding carboxylic acids is 1. The van der Waals surface area contributed by atoms with Crippen molar-refractivity contribution in [3.05, 3.63) is 29.8 Å². The lowest BCUT2D eigenvalue weighted by Gasteiger charge is -2.34. The highest BCUT2D eigenvalue weighted by Gasteiger charge is 2.24. The maximum Gasteiger partial charge on any atom is 0.409 e. The molecule has 1 aliphatic rings. The second-order valence-corrected chi connectivity index (χ2v) is 5.47. The van der Waals surface area contributed by atoms with Crippen molar-refractivity contribution in [3.63, 3.8) is 0 Å². The molecule has 1 aromatic heterocycles. The summed E-state index contributed by atoms with van der Waals surface area (Å²) in [5.41, 5.74) is 1.32. The van der Waals surface area contributed by atoms with Crippen molar-refractivity contribution >= 4 is 22.8 Å². The van der Waals surface area contributed by atoms with E-state index in [-0.39, 0.29) is 6.09 Å². The number of rotatable bonds is 2. The Labute approximate surface area is 140 Å². The lowest BCUT2D eigenvalue weighted by molar-refractivity contribution is 0.121. The Kier molecular flexibility index (Phi) is 4.38. The first-order valence-corrected chi connectivity index (χ1v) is 7.63. The summed E-state index contributed by atoms with van der Waals surface area (Å²) in [6.07, 6.45) is -0.325. The second-order valence-electron chi connectivity index (χ2n) is 5.47. The number of carbonyl (C=O) groups is 1. The molecule has 0 atom stereocenters. The molecule has 124 valence electrons. The van der Waals surface area contributed by atoms with E-state index in [9.17, 15) is 10.1 Å². The van der Waals surface area contributed by atoms with E-state index in [4.69, 9.17) is 9.47 Å². The van der Waals surface area contributed by atoms with Crippen molar-refractivity contribution in [1.82, 2.24) is 9.88 Å². The van der Waals surface area contributed by atoms with Crippen LogP contribution in [0.5, 0.6) is 5.75 Å². The summed E-state index contributed by atoms with van der Waals surface area (Å²) in [5.74, 6) is 1.38.